The minimum absolute atomic E-state index is 0.0523. The summed E-state index contributed by atoms with van der Waals surface area (Å²) in [4.78, 5) is 25.6. The first-order valence-electron chi connectivity index (χ1n) is 6.56. The Morgan fingerprint density at radius 3 is 2.70 bits per heavy atom. The van der Waals surface area contributed by atoms with Crippen molar-refractivity contribution in [3.63, 3.8) is 0 Å². The summed E-state index contributed by atoms with van der Waals surface area (Å²) in [6.07, 6.45) is 1.46. The highest BCUT2D eigenvalue weighted by Gasteiger charge is 2.32. The summed E-state index contributed by atoms with van der Waals surface area (Å²) in [6.45, 7) is 2.29. The molecule has 20 heavy (non-hydrogen) atoms. The average molecular weight is 296 g/mol. The van der Waals surface area contributed by atoms with Crippen LogP contribution in [0.15, 0.2) is 18.2 Å². The van der Waals surface area contributed by atoms with Crippen molar-refractivity contribution in [1.82, 2.24) is 4.90 Å². The Morgan fingerprint density at radius 2 is 2.05 bits per heavy atom. The van der Waals surface area contributed by atoms with Crippen molar-refractivity contribution in [3.8, 4) is 0 Å². The second-order valence-electron chi connectivity index (χ2n) is 5.18. The molecule has 1 aromatic rings. The van der Waals surface area contributed by atoms with Crippen LogP contribution in [-0.2, 0) is 4.79 Å². The molecule has 2 rings (SSSR count). The van der Waals surface area contributed by atoms with Crippen LogP contribution in [0.25, 0.3) is 0 Å². The zero-order valence-electron chi connectivity index (χ0n) is 11.3. The highest BCUT2D eigenvalue weighted by atomic mass is 35.5. The highest BCUT2D eigenvalue weighted by molar-refractivity contribution is 6.33. The number of amides is 2. The van der Waals surface area contributed by atoms with Crippen LogP contribution in [-0.4, -0.2) is 29.3 Å². The Labute approximate surface area is 122 Å². The van der Waals surface area contributed by atoms with Crippen molar-refractivity contribution in [2.24, 2.45) is 11.7 Å². The number of primary amides is 1. The minimum Gasteiger partial charge on any atom is -0.397 e. The third-order valence-electron chi connectivity index (χ3n) is 3.83. The van der Waals surface area contributed by atoms with E-state index in [9.17, 15) is 9.59 Å². The minimum atomic E-state index is -0.367. The molecule has 1 heterocycles. The van der Waals surface area contributed by atoms with Gasteiger partial charge in [-0.25, -0.2) is 0 Å². The number of hydrogen-bond donors (Lipinski definition) is 2. The SMILES string of the molecule is CC1CCC(C(N)=O)CN1C(=O)c1cccc(Cl)c1N. The highest BCUT2D eigenvalue weighted by Crippen LogP contribution is 2.28. The lowest BCUT2D eigenvalue weighted by atomic mass is 9.92. The zero-order chi connectivity index (χ0) is 14.9. The number of carbonyl (C=O) groups excluding carboxylic acids is 2. The summed E-state index contributed by atoms with van der Waals surface area (Å²) in [5.41, 5.74) is 11.8. The van der Waals surface area contributed by atoms with Crippen LogP contribution < -0.4 is 11.5 Å². The van der Waals surface area contributed by atoms with E-state index >= 15 is 0 Å². The van der Waals surface area contributed by atoms with Gasteiger partial charge in [0.2, 0.25) is 5.91 Å². The van der Waals surface area contributed by atoms with Gasteiger partial charge in [0.15, 0.2) is 0 Å². The van der Waals surface area contributed by atoms with Gasteiger partial charge < -0.3 is 16.4 Å². The van der Waals surface area contributed by atoms with Gasteiger partial charge >= 0.3 is 0 Å². The van der Waals surface area contributed by atoms with Crippen molar-refractivity contribution >= 4 is 29.1 Å². The second kappa shape index (κ2) is 5.71. The third-order valence-corrected chi connectivity index (χ3v) is 4.16. The molecule has 0 aromatic heterocycles. The van der Waals surface area contributed by atoms with Crippen molar-refractivity contribution in [3.05, 3.63) is 28.8 Å². The number of likely N-dealkylation sites (tertiary alicyclic amines) is 1. The van der Waals surface area contributed by atoms with Crippen LogP contribution >= 0.6 is 11.6 Å². The Balaban J connectivity index is 2.26. The number of carbonyl (C=O) groups is 2. The van der Waals surface area contributed by atoms with Crippen molar-refractivity contribution < 1.29 is 9.59 Å². The molecule has 2 atom stereocenters. The van der Waals surface area contributed by atoms with Crippen LogP contribution in [0.4, 0.5) is 5.69 Å². The van der Waals surface area contributed by atoms with Gasteiger partial charge in [-0.2, -0.15) is 0 Å². The lowest BCUT2D eigenvalue weighted by Crippen LogP contribution is -2.48. The maximum atomic E-state index is 12.6. The smallest absolute Gasteiger partial charge is 0.256 e. The molecule has 0 saturated carbocycles. The Bertz CT molecular complexity index is 547. The number of nitrogens with zero attached hydrogens (tertiary/aromatic N) is 1. The monoisotopic (exact) mass is 295 g/mol. The molecule has 2 unspecified atom stereocenters. The van der Waals surface area contributed by atoms with E-state index in [1.165, 1.54) is 0 Å². The topological polar surface area (TPSA) is 89.4 Å². The largest absolute Gasteiger partial charge is 0.397 e. The normalized spacial score (nSPS) is 22.6. The summed E-state index contributed by atoms with van der Waals surface area (Å²) in [5, 5.41) is 0.354. The Kier molecular flexibility index (Phi) is 4.18. The van der Waals surface area contributed by atoms with Crippen LogP contribution in [0.2, 0.25) is 5.02 Å². The third kappa shape index (κ3) is 2.72. The molecule has 108 valence electrons. The van der Waals surface area contributed by atoms with Gasteiger partial charge in [-0.05, 0) is 31.9 Å². The molecular weight excluding hydrogens is 278 g/mol. The van der Waals surface area contributed by atoms with Gasteiger partial charge in [-0.15, -0.1) is 0 Å². The van der Waals surface area contributed by atoms with Gasteiger partial charge in [0.1, 0.15) is 0 Å². The van der Waals surface area contributed by atoms with Crippen LogP contribution in [0, 0.1) is 5.92 Å². The van der Waals surface area contributed by atoms with Gasteiger partial charge in [0.05, 0.1) is 22.2 Å². The summed E-state index contributed by atoms with van der Waals surface area (Å²) < 4.78 is 0. The quantitative estimate of drug-likeness (QED) is 0.813. The molecule has 0 spiro atoms. The summed E-state index contributed by atoms with van der Waals surface area (Å²) in [6, 6.07) is 5.02. The predicted molar refractivity (Wildman–Crippen MR) is 78.3 cm³/mol. The lowest BCUT2D eigenvalue weighted by molar-refractivity contribution is -0.123. The number of para-hydroxylation sites is 1. The number of rotatable bonds is 2. The van der Waals surface area contributed by atoms with Crippen LogP contribution in [0.3, 0.4) is 0 Å². The fourth-order valence-electron chi connectivity index (χ4n) is 2.50. The van der Waals surface area contributed by atoms with E-state index in [-0.39, 0.29) is 29.5 Å². The first-order chi connectivity index (χ1) is 9.41. The van der Waals surface area contributed by atoms with E-state index in [0.29, 0.717) is 23.6 Å². The summed E-state index contributed by atoms with van der Waals surface area (Å²) in [7, 11) is 0. The summed E-state index contributed by atoms with van der Waals surface area (Å²) >= 11 is 5.94. The van der Waals surface area contributed by atoms with Crippen molar-refractivity contribution in [2.45, 2.75) is 25.8 Å². The van der Waals surface area contributed by atoms with Gasteiger partial charge in [0, 0.05) is 12.6 Å². The molecule has 2 amide bonds. The Hall–Kier alpha value is -1.75. The predicted octanol–water partition coefficient (Wildman–Crippen LogP) is 1.65. The molecule has 0 aliphatic carbocycles. The van der Waals surface area contributed by atoms with Gasteiger partial charge in [0.25, 0.3) is 5.91 Å². The first kappa shape index (κ1) is 14.7. The zero-order valence-corrected chi connectivity index (χ0v) is 12.1. The maximum absolute atomic E-state index is 12.6. The molecule has 4 N–H and O–H groups in total. The second-order valence-corrected chi connectivity index (χ2v) is 5.59. The fraction of sp³-hybridized carbons (Fsp3) is 0.429. The van der Waals surface area contributed by atoms with E-state index in [1.54, 1.807) is 23.1 Å². The molecule has 1 aliphatic heterocycles. The molecule has 1 saturated heterocycles. The lowest BCUT2D eigenvalue weighted by Gasteiger charge is -2.37. The fourth-order valence-corrected chi connectivity index (χ4v) is 2.67. The van der Waals surface area contributed by atoms with Gasteiger partial charge in [-0.1, -0.05) is 17.7 Å². The Morgan fingerprint density at radius 1 is 1.35 bits per heavy atom. The average Bonchev–Trinajstić information content (AvgIpc) is 2.41. The molecule has 1 aliphatic rings. The molecule has 5 nitrogen and oxygen atoms in total. The number of nitrogens with two attached hydrogens (primary N) is 2. The molecule has 0 radical (unpaired) electrons. The number of piperidine rings is 1. The first-order valence-corrected chi connectivity index (χ1v) is 6.94. The van der Waals surface area contributed by atoms with E-state index in [1.807, 2.05) is 6.92 Å². The number of hydrogen-bond acceptors (Lipinski definition) is 3. The van der Waals surface area contributed by atoms with Crippen LogP contribution in [0.5, 0.6) is 0 Å². The number of benzene rings is 1. The van der Waals surface area contributed by atoms with E-state index in [4.69, 9.17) is 23.1 Å². The van der Waals surface area contributed by atoms with Crippen LogP contribution in [0.1, 0.15) is 30.1 Å². The summed E-state index contributed by atoms with van der Waals surface area (Å²) in [5.74, 6) is -0.868. The molecule has 0 bridgehead atoms. The number of nitrogen functional groups attached to an aromatic ring is 1. The molecular formula is C14H18ClN3O2. The van der Waals surface area contributed by atoms with Crippen molar-refractivity contribution in [1.29, 1.82) is 0 Å². The van der Waals surface area contributed by atoms with E-state index in [0.717, 1.165) is 6.42 Å². The number of anilines is 1. The standard InChI is InChI=1S/C14H18ClN3O2/c1-8-5-6-9(13(17)19)7-18(8)14(20)10-3-2-4-11(15)12(10)16/h2-4,8-9H,5-7,16H2,1H3,(H2,17,19). The maximum Gasteiger partial charge on any atom is 0.256 e. The van der Waals surface area contributed by atoms with E-state index in [2.05, 4.69) is 0 Å². The van der Waals surface area contributed by atoms with Gasteiger partial charge in [-0.3, -0.25) is 9.59 Å². The molecule has 1 aromatic carbocycles. The van der Waals surface area contributed by atoms with E-state index < -0.39 is 0 Å². The molecule has 1 fully saturated rings. The number of halogens is 1. The molecule has 6 heteroatoms. The van der Waals surface area contributed by atoms with Crippen molar-refractivity contribution in [2.75, 3.05) is 12.3 Å².